The Morgan fingerprint density at radius 3 is 2.48 bits per heavy atom. The Morgan fingerprint density at radius 2 is 1.86 bits per heavy atom. The van der Waals surface area contributed by atoms with Gasteiger partial charge in [0.1, 0.15) is 12.4 Å². The van der Waals surface area contributed by atoms with Crippen LogP contribution in [0, 0.1) is 6.92 Å². The normalized spacial score (nSPS) is 9.81. The highest BCUT2D eigenvalue weighted by Gasteiger charge is 2.04. The van der Waals surface area contributed by atoms with Crippen molar-refractivity contribution >= 4 is 5.78 Å². The lowest BCUT2D eigenvalue weighted by Crippen LogP contribution is -2.11. The summed E-state index contributed by atoms with van der Waals surface area (Å²) in [5, 5.41) is 0. The van der Waals surface area contributed by atoms with Crippen LogP contribution in [0.3, 0.4) is 0 Å². The Hall–Kier alpha value is -1.65. The number of Topliss-reactive ketones (excluding diaryl/α,β-unsaturated/α-hetero) is 1. The highest BCUT2D eigenvalue weighted by molar-refractivity contribution is 5.95. The number of benzene rings is 1. The van der Waals surface area contributed by atoms with Crippen molar-refractivity contribution in [3.8, 4) is 5.75 Å². The predicted octanol–water partition coefficient (Wildman–Crippen LogP) is 3.43. The summed E-state index contributed by atoms with van der Waals surface area (Å²) in [4.78, 5) is 11.3. The summed E-state index contributed by atoms with van der Waals surface area (Å²) in [6.45, 7) is 9.64. The Bertz CT molecular complexity index is 440. The third-order valence-electron chi connectivity index (χ3n) is 2.68. The third kappa shape index (κ3) is 7.63. The molecule has 1 aromatic carbocycles. The molecule has 0 atom stereocenters. The monoisotopic (exact) mass is 294 g/mol. The van der Waals surface area contributed by atoms with Crippen molar-refractivity contribution < 1.29 is 19.0 Å². The number of hydrogen-bond donors (Lipinski definition) is 0. The minimum atomic E-state index is 0. The van der Waals surface area contributed by atoms with Crippen molar-refractivity contribution in [3.05, 3.63) is 42.0 Å². The average Bonchev–Trinajstić information content (AvgIpc) is 2.41. The molecule has 0 saturated carbocycles. The van der Waals surface area contributed by atoms with Crippen LogP contribution in [0.4, 0.5) is 0 Å². The fourth-order valence-electron chi connectivity index (χ4n) is 1.73. The van der Waals surface area contributed by atoms with Gasteiger partial charge in [-0.15, -0.1) is 6.58 Å². The summed E-state index contributed by atoms with van der Waals surface area (Å²) < 4.78 is 16.1. The maximum atomic E-state index is 11.3. The molecule has 4 nitrogen and oxygen atoms in total. The van der Waals surface area contributed by atoms with Crippen LogP contribution in [0.1, 0.15) is 30.3 Å². The van der Waals surface area contributed by atoms with E-state index < -0.39 is 0 Å². The fraction of sp³-hybridized carbons (Fsp3) is 0.471. The van der Waals surface area contributed by atoms with E-state index in [4.69, 9.17) is 14.2 Å². The first-order valence-corrected chi connectivity index (χ1v) is 6.66. The molecule has 0 heterocycles. The minimum absolute atomic E-state index is 0. The summed E-state index contributed by atoms with van der Waals surface area (Å²) in [5.74, 6) is 0.816. The standard InChI is InChI=1S/C16H22O4.CH4/c1-4-7-18-8-9-19-10-11-20-15-5-6-16(14(3)17)13(2)12-15;/h4-6,12H,1,7-11H2,2-3H3;1H4. The summed E-state index contributed by atoms with van der Waals surface area (Å²) in [6, 6.07) is 5.46. The van der Waals surface area contributed by atoms with E-state index in [1.54, 1.807) is 25.1 Å². The molecule has 0 unspecified atom stereocenters. The second-order valence-corrected chi connectivity index (χ2v) is 4.36. The number of ether oxygens (including phenoxy) is 3. The van der Waals surface area contributed by atoms with Crippen molar-refractivity contribution in [3.63, 3.8) is 0 Å². The Kier molecular flexibility index (Phi) is 10.2. The first-order valence-electron chi connectivity index (χ1n) is 6.66. The van der Waals surface area contributed by atoms with Crippen molar-refractivity contribution in [2.24, 2.45) is 0 Å². The number of rotatable bonds is 10. The summed E-state index contributed by atoms with van der Waals surface area (Å²) in [7, 11) is 0. The van der Waals surface area contributed by atoms with E-state index in [0.29, 0.717) is 33.0 Å². The molecular formula is C17H26O4. The number of carbonyl (C=O) groups excluding carboxylic acids is 1. The van der Waals surface area contributed by atoms with Crippen LogP contribution in [-0.4, -0.2) is 38.8 Å². The highest BCUT2D eigenvalue weighted by Crippen LogP contribution is 2.17. The Balaban J connectivity index is 0.00000400. The first kappa shape index (κ1) is 19.4. The van der Waals surface area contributed by atoms with Gasteiger partial charge < -0.3 is 14.2 Å². The number of hydrogen-bond acceptors (Lipinski definition) is 4. The van der Waals surface area contributed by atoms with Gasteiger partial charge in [-0.1, -0.05) is 13.5 Å². The van der Waals surface area contributed by atoms with Crippen LogP contribution in [0.5, 0.6) is 5.75 Å². The van der Waals surface area contributed by atoms with Gasteiger partial charge in [-0.3, -0.25) is 4.79 Å². The van der Waals surface area contributed by atoms with Crippen LogP contribution in [0.15, 0.2) is 30.9 Å². The lowest BCUT2D eigenvalue weighted by molar-refractivity contribution is 0.0449. The van der Waals surface area contributed by atoms with Crippen molar-refractivity contribution in [1.82, 2.24) is 0 Å². The van der Waals surface area contributed by atoms with Gasteiger partial charge in [0.25, 0.3) is 0 Å². The highest BCUT2D eigenvalue weighted by atomic mass is 16.5. The minimum Gasteiger partial charge on any atom is -0.491 e. The van der Waals surface area contributed by atoms with Gasteiger partial charge in [0, 0.05) is 5.56 Å². The van der Waals surface area contributed by atoms with Crippen molar-refractivity contribution in [1.29, 1.82) is 0 Å². The molecular weight excluding hydrogens is 268 g/mol. The largest absolute Gasteiger partial charge is 0.491 e. The zero-order chi connectivity index (χ0) is 14.8. The molecule has 0 aliphatic rings. The molecule has 0 bridgehead atoms. The van der Waals surface area contributed by atoms with Gasteiger partial charge in [0.15, 0.2) is 5.78 Å². The van der Waals surface area contributed by atoms with Crippen molar-refractivity contribution in [2.45, 2.75) is 21.3 Å². The van der Waals surface area contributed by atoms with Crippen LogP contribution in [0.25, 0.3) is 0 Å². The molecule has 1 aromatic rings. The first-order chi connectivity index (χ1) is 9.65. The molecule has 0 fully saturated rings. The molecule has 0 radical (unpaired) electrons. The van der Waals surface area contributed by atoms with E-state index >= 15 is 0 Å². The maximum Gasteiger partial charge on any atom is 0.160 e. The van der Waals surface area contributed by atoms with Crippen LogP contribution >= 0.6 is 0 Å². The lowest BCUT2D eigenvalue weighted by atomic mass is 10.1. The van der Waals surface area contributed by atoms with E-state index in [1.165, 1.54) is 0 Å². The molecule has 0 aromatic heterocycles. The van der Waals surface area contributed by atoms with E-state index in [9.17, 15) is 4.79 Å². The smallest absolute Gasteiger partial charge is 0.160 e. The van der Waals surface area contributed by atoms with E-state index in [-0.39, 0.29) is 13.2 Å². The molecule has 0 aliphatic heterocycles. The molecule has 0 amide bonds. The molecule has 118 valence electrons. The fourth-order valence-corrected chi connectivity index (χ4v) is 1.73. The Morgan fingerprint density at radius 1 is 1.19 bits per heavy atom. The van der Waals surface area contributed by atoms with E-state index in [1.807, 2.05) is 13.0 Å². The van der Waals surface area contributed by atoms with Gasteiger partial charge in [-0.2, -0.15) is 0 Å². The zero-order valence-electron chi connectivity index (χ0n) is 12.2. The van der Waals surface area contributed by atoms with Crippen LogP contribution < -0.4 is 4.74 Å². The van der Waals surface area contributed by atoms with E-state index in [2.05, 4.69) is 6.58 Å². The second-order valence-electron chi connectivity index (χ2n) is 4.36. The maximum absolute atomic E-state index is 11.3. The van der Waals surface area contributed by atoms with E-state index in [0.717, 1.165) is 16.9 Å². The zero-order valence-corrected chi connectivity index (χ0v) is 12.2. The predicted molar refractivity (Wildman–Crippen MR) is 85.2 cm³/mol. The molecule has 0 spiro atoms. The number of ketones is 1. The second kappa shape index (κ2) is 11.1. The SMILES string of the molecule is C.C=CCOCCOCCOc1ccc(C(C)=O)c(C)c1. The average molecular weight is 294 g/mol. The number of aryl methyl sites for hydroxylation is 1. The molecule has 0 aliphatic carbocycles. The van der Waals surface area contributed by atoms with Crippen LogP contribution in [0.2, 0.25) is 0 Å². The Labute approximate surface area is 127 Å². The topological polar surface area (TPSA) is 44.8 Å². The van der Waals surface area contributed by atoms with Gasteiger partial charge in [-0.25, -0.2) is 0 Å². The lowest BCUT2D eigenvalue weighted by Gasteiger charge is -2.09. The quantitative estimate of drug-likeness (QED) is 0.377. The van der Waals surface area contributed by atoms with Crippen LogP contribution in [-0.2, 0) is 9.47 Å². The van der Waals surface area contributed by atoms with Crippen molar-refractivity contribution in [2.75, 3.05) is 33.0 Å². The molecule has 21 heavy (non-hydrogen) atoms. The molecule has 1 rings (SSSR count). The molecule has 0 saturated heterocycles. The third-order valence-corrected chi connectivity index (χ3v) is 2.68. The van der Waals surface area contributed by atoms with Gasteiger partial charge in [0.2, 0.25) is 0 Å². The van der Waals surface area contributed by atoms with Gasteiger partial charge in [-0.05, 0) is 37.6 Å². The number of carbonyl (C=O) groups is 1. The van der Waals surface area contributed by atoms with Gasteiger partial charge in [0.05, 0.1) is 26.4 Å². The molecule has 4 heteroatoms. The molecule has 0 N–H and O–H groups in total. The van der Waals surface area contributed by atoms with Gasteiger partial charge >= 0.3 is 0 Å². The summed E-state index contributed by atoms with van der Waals surface area (Å²) in [6.07, 6.45) is 1.70. The summed E-state index contributed by atoms with van der Waals surface area (Å²) in [5.41, 5.74) is 1.65. The summed E-state index contributed by atoms with van der Waals surface area (Å²) >= 11 is 0.